The van der Waals surface area contributed by atoms with E-state index in [4.69, 9.17) is 0 Å². The Kier molecular flexibility index (Phi) is 9.77. The number of hydrogen-bond acceptors (Lipinski definition) is 1. The van der Waals surface area contributed by atoms with Gasteiger partial charge in [0.15, 0.2) is 0 Å². The van der Waals surface area contributed by atoms with Crippen molar-refractivity contribution in [3.63, 3.8) is 0 Å². The van der Waals surface area contributed by atoms with Crippen molar-refractivity contribution in [3.8, 4) is 50.2 Å². The number of aromatic nitrogens is 1. The summed E-state index contributed by atoms with van der Waals surface area (Å²) in [5, 5.41) is 2.50. The molecular formula is C67H46N2. The van der Waals surface area contributed by atoms with E-state index in [1.54, 1.807) is 0 Å². The first-order valence-corrected chi connectivity index (χ1v) is 23.8. The molecule has 0 unspecified atom stereocenters. The molecule has 2 nitrogen and oxygen atoms in total. The third kappa shape index (κ3) is 6.64. The van der Waals surface area contributed by atoms with Crippen molar-refractivity contribution in [2.45, 2.75) is 5.41 Å². The van der Waals surface area contributed by atoms with Crippen LogP contribution in [0.2, 0.25) is 0 Å². The second-order valence-corrected chi connectivity index (χ2v) is 18.0. The number of rotatable bonds is 9. The summed E-state index contributed by atoms with van der Waals surface area (Å²) in [6.45, 7) is 0. The quantitative estimate of drug-likeness (QED) is 0.140. The van der Waals surface area contributed by atoms with Gasteiger partial charge in [0.1, 0.15) is 0 Å². The maximum absolute atomic E-state index is 2.46. The number of nitrogens with zero attached hydrogens (tertiary/aromatic N) is 2. The summed E-state index contributed by atoms with van der Waals surface area (Å²) >= 11 is 0. The molecule has 1 aromatic heterocycles. The van der Waals surface area contributed by atoms with E-state index in [9.17, 15) is 0 Å². The molecule has 0 radical (unpaired) electrons. The zero-order valence-electron chi connectivity index (χ0n) is 38.0. The molecule has 2 heteroatoms. The van der Waals surface area contributed by atoms with E-state index in [1.165, 1.54) is 77.4 Å². The predicted molar refractivity (Wildman–Crippen MR) is 289 cm³/mol. The Morgan fingerprint density at radius 2 is 0.783 bits per heavy atom. The fourth-order valence-electron chi connectivity index (χ4n) is 11.2. The summed E-state index contributed by atoms with van der Waals surface area (Å²) in [7, 11) is 0. The van der Waals surface area contributed by atoms with E-state index in [1.807, 2.05) is 0 Å². The van der Waals surface area contributed by atoms with Crippen molar-refractivity contribution >= 4 is 38.9 Å². The smallest absolute Gasteiger partial charge is 0.0714 e. The van der Waals surface area contributed by atoms with Crippen molar-refractivity contribution in [1.29, 1.82) is 0 Å². The number of hydrogen-bond donors (Lipinski definition) is 0. The Morgan fingerprint density at radius 1 is 0.290 bits per heavy atom. The standard InChI is InChI=1S/C67H46N2/c1-5-19-47(20-6-1)48-37-40-55(41-38-48)68(56-42-43-59-58-28-13-16-30-62(58)67(63(59)46-56,52-21-7-2-8-22-52)53-23-9-3-10-24-53)64-31-17-14-27-57(64)50-35-33-49(34-36-50)51-39-44-66-61(45-51)60-29-15-18-32-65(60)69(66)54-25-11-4-12-26-54/h1-46H. The van der Waals surface area contributed by atoms with Gasteiger partial charge in [0.2, 0.25) is 0 Å². The highest BCUT2D eigenvalue weighted by atomic mass is 15.1. The van der Waals surface area contributed by atoms with Gasteiger partial charge in [-0.05, 0) is 122 Å². The van der Waals surface area contributed by atoms with E-state index in [2.05, 4.69) is 289 Å². The van der Waals surface area contributed by atoms with Crippen molar-refractivity contribution in [3.05, 3.63) is 301 Å². The van der Waals surface area contributed by atoms with Crippen LogP contribution in [-0.4, -0.2) is 4.57 Å². The molecule has 324 valence electrons. The average molecular weight is 879 g/mol. The van der Waals surface area contributed by atoms with Gasteiger partial charge in [-0.25, -0.2) is 0 Å². The number of fused-ring (bicyclic) bond motifs is 6. The summed E-state index contributed by atoms with van der Waals surface area (Å²) in [5.74, 6) is 0. The first-order valence-electron chi connectivity index (χ1n) is 23.8. The van der Waals surface area contributed by atoms with Crippen LogP contribution in [0.15, 0.2) is 279 Å². The van der Waals surface area contributed by atoms with E-state index < -0.39 is 5.41 Å². The van der Waals surface area contributed by atoms with Gasteiger partial charge in [-0.1, -0.05) is 218 Å². The summed E-state index contributed by atoms with van der Waals surface area (Å²) in [5.41, 5.74) is 21.0. The van der Waals surface area contributed by atoms with Crippen LogP contribution in [0.25, 0.3) is 72.0 Å². The topological polar surface area (TPSA) is 8.17 Å². The largest absolute Gasteiger partial charge is 0.310 e. The Morgan fingerprint density at radius 3 is 1.51 bits per heavy atom. The van der Waals surface area contributed by atoms with Gasteiger partial charge < -0.3 is 9.47 Å². The first-order chi connectivity index (χ1) is 34.2. The number of benzene rings is 11. The number of para-hydroxylation sites is 3. The third-order valence-corrected chi connectivity index (χ3v) is 14.3. The normalized spacial score (nSPS) is 12.5. The lowest BCUT2D eigenvalue weighted by molar-refractivity contribution is 0.768. The van der Waals surface area contributed by atoms with Crippen LogP contribution in [0.4, 0.5) is 17.1 Å². The minimum absolute atomic E-state index is 0.526. The Bertz CT molecular complexity index is 3760. The summed E-state index contributed by atoms with van der Waals surface area (Å²) in [6.07, 6.45) is 0. The summed E-state index contributed by atoms with van der Waals surface area (Å²) < 4.78 is 2.37. The molecule has 0 amide bonds. The fourth-order valence-corrected chi connectivity index (χ4v) is 11.2. The Balaban J connectivity index is 0.959. The van der Waals surface area contributed by atoms with Gasteiger partial charge in [-0.2, -0.15) is 0 Å². The molecule has 0 fully saturated rings. The van der Waals surface area contributed by atoms with Crippen LogP contribution in [0.1, 0.15) is 22.3 Å². The molecule has 0 saturated carbocycles. The molecule has 0 aliphatic heterocycles. The van der Waals surface area contributed by atoms with Gasteiger partial charge in [-0.3, -0.25) is 0 Å². The van der Waals surface area contributed by atoms with Crippen molar-refractivity contribution in [2.24, 2.45) is 0 Å². The SMILES string of the molecule is c1ccc(-c2ccc(N(c3ccc4c(c3)C(c3ccccc3)(c3ccccc3)c3ccccc3-4)c3ccccc3-c3ccc(-c4ccc5c(c4)c4ccccc4n5-c4ccccc4)cc3)cc2)cc1. The minimum Gasteiger partial charge on any atom is -0.310 e. The zero-order chi connectivity index (χ0) is 45.7. The molecule has 0 bridgehead atoms. The highest BCUT2D eigenvalue weighted by molar-refractivity contribution is 6.10. The van der Waals surface area contributed by atoms with Crippen molar-refractivity contribution in [1.82, 2.24) is 4.57 Å². The fraction of sp³-hybridized carbons (Fsp3) is 0.0149. The van der Waals surface area contributed by atoms with Crippen molar-refractivity contribution in [2.75, 3.05) is 4.90 Å². The highest BCUT2D eigenvalue weighted by Gasteiger charge is 2.46. The molecular weight excluding hydrogens is 833 g/mol. The molecule has 1 aliphatic carbocycles. The molecule has 0 spiro atoms. The summed E-state index contributed by atoms with van der Waals surface area (Å²) in [6, 6.07) is 102. The average Bonchev–Trinajstić information content (AvgIpc) is 3.92. The van der Waals surface area contributed by atoms with Crippen LogP contribution < -0.4 is 4.90 Å². The van der Waals surface area contributed by atoms with Crippen molar-refractivity contribution < 1.29 is 0 Å². The molecule has 69 heavy (non-hydrogen) atoms. The molecule has 1 aliphatic rings. The van der Waals surface area contributed by atoms with E-state index in [0.29, 0.717) is 0 Å². The second kappa shape index (κ2) is 16.7. The van der Waals surface area contributed by atoms with Gasteiger partial charge in [0.25, 0.3) is 0 Å². The Labute approximate surface area is 403 Å². The van der Waals surface area contributed by atoms with E-state index in [0.717, 1.165) is 33.9 Å². The molecule has 0 saturated heterocycles. The lowest BCUT2D eigenvalue weighted by atomic mass is 9.67. The van der Waals surface area contributed by atoms with Crippen LogP contribution >= 0.6 is 0 Å². The first kappa shape index (κ1) is 40.3. The van der Waals surface area contributed by atoms with Gasteiger partial charge >= 0.3 is 0 Å². The maximum atomic E-state index is 2.46. The van der Waals surface area contributed by atoms with E-state index >= 15 is 0 Å². The molecule has 1 heterocycles. The molecule has 11 aromatic carbocycles. The lowest BCUT2D eigenvalue weighted by Crippen LogP contribution is -2.28. The second-order valence-electron chi connectivity index (χ2n) is 18.0. The van der Waals surface area contributed by atoms with Crippen LogP contribution in [-0.2, 0) is 5.41 Å². The van der Waals surface area contributed by atoms with Gasteiger partial charge in [0, 0.05) is 33.4 Å². The minimum atomic E-state index is -0.526. The van der Waals surface area contributed by atoms with Gasteiger partial charge in [0.05, 0.1) is 22.1 Å². The number of anilines is 3. The van der Waals surface area contributed by atoms with Crippen LogP contribution in [0.5, 0.6) is 0 Å². The van der Waals surface area contributed by atoms with Crippen LogP contribution in [0, 0.1) is 0 Å². The highest BCUT2D eigenvalue weighted by Crippen LogP contribution is 2.57. The predicted octanol–water partition coefficient (Wildman–Crippen LogP) is 17.6. The molecule has 12 aromatic rings. The molecule has 13 rings (SSSR count). The molecule has 0 atom stereocenters. The van der Waals surface area contributed by atoms with E-state index in [-0.39, 0.29) is 0 Å². The zero-order valence-corrected chi connectivity index (χ0v) is 38.0. The Hall–Kier alpha value is -8.98. The summed E-state index contributed by atoms with van der Waals surface area (Å²) in [4.78, 5) is 2.46. The lowest BCUT2D eigenvalue weighted by Gasteiger charge is -2.35. The van der Waals surface area contributed by atoms with Crippen LogP contribution in [0.3, 0.4) is 0 Å². The third-order valence-electron chi connectivity index (χ3n) is 14.3. The molecule has 0 N–H and O–H groups in total. The maximum Gasteiger partial charge on any atom is 0.0714 e. The van der Waals surface area contributed by atoms with Gasteiger partial charge in [-0.15, -0.1) is 0 Å². The monoisotopic (exact) mass is 878 g/mol.